The number of fused-ring (bicyclic) bond motifs is 1. The number of nitrogens with zero attached hydrogens (tertiary/aromatic N) is 2. The van der Waals surface area contributed by atoms with Gasteiger partial charge in [0.25, 0.3) is 11.5 Å². The number of thioether (sulfide) groups is 1. The normalized spacial score (nSPS) is 15.9. The van der Waals surface area contributed by atoms with Crippen LogP contribution in [0, 0.1) is 0 Å². The number of carbonyl (C=O) groups excluding carboxylic acids is 1. The van der Waals surface area contributed by atoms with Gasteiger partial charge in [0.05, 0.1) is 23.6 Å². The molecule has 0 bridgehead atoms. The maximum absolute atomic E-state index is 13.4. The summed E-state index contributed by atoms with van der Waals surface area (Å²) in [7, 11) is 0. The largest absolute Gasteiger partial charge is 0.376 e. The van der Waals surface area contributed by atoms with Crippen LogP contribution >= 0.6 is 23.4 Å². The van der Waals surface area contributed by atoms with Gasteiger partial charge in [-0.2, -0.15) is 0 Å². The first-order valence-corrected chi connectivity index (χ1v) is 12.2. The molecule has 8 heteroatoms. The number of carbonyl (C=O) groups is 1. The van der Waals surface area contributed by atoms with Crippen LogP contribution in [0.25, 0.3) is 10.9 Å². The number of aromatic nitrogens is 2. The molecule has 1 aliphatic heterocycles. The molecule has 1 unspecified atom stereocenters. The first kappa shape index (κ1) is 22.8. The molecule has 1 atom stereocenters. The van der Waals surface area contributed by atoms with E-state index in [0.29, 0.717) is 45.5 Å². The smallest absolute Gasteiger partial charge is 0.262 e. The van der Waals surface area contributed by atoms with Crippen LogP contribution in [-0.4, -0.2) is 34.7 Å². The molecule has 0 radical (unpaired) electrons. The van der Waals surface area contributed by atoms with Gasteiger partial charge in [-0.15, -0.1) is 0 Å². The number of amides is 1. The number of rotatable bonds is 8. The van der Waals surface area contributed by atoms with E-state index in [2.05, 4.69) is 5.32 Å². The van der Waals surface area contributed by atoms with Gasteiger partial charge >= 0.3 is 0 Å². The number of ether oxygens (including phenoxy) is 1. The zero-order valence-electron chi connectivity index (χ0n) is 18.0. The molecular formula is C24H26ClN3O3S. The number of halogens is 1. The Morgan fingerprint density at radius 2 is 2.09 bits per heavy atom. The third kappa shape index (κ3) is 5.34. The SMILES string of the molecule is CCCNC(=O)c1ccc2c(=O)n(CC3CCCO3)c(SCc3ccc(Cl)cc3)nc2c1. The lowest BCUT2D eigenvalue weighted by Crippen LogP contribution is -2.29. The fourth-order valence-electron chi connectivity index (χ4n) is 3.67. The van der Waals surface area contributed by atoms with Crippen LogP contribution in [0.5, 0.6) is 0 Å². The Morgan fingerprint density at radius 3 is 2.81 bits per heavy atom. The first-order valence-electron chi connectivity index (χ1n) is 10.9. The summed E-state index contributed by atoms with van der Waals surface area (Å²) in [5.41, 5.74) is 2.01. The van der Waals surface area contributed by atoms with Gasteiger partial charge in [0, 0.05) is 29.5 Å². The standard InChI is InChI=1S/C24H26ClN3O3S/c1-2-11-26-22(29)17-7-10-20-21(13-17)27-24(32-15-16-5-8-18(25)9-6-16)28(23(20)30)14-19-4-3-12-31-19/h5-10,13,19H,2-4,11-12,14-15H2,1H3,(H,26,29). The molecule has 2 aromatic carbocycles. The molecule has 0 spiro atoms. The Hall–Kier alpha value is -2.35. The second-order valence-corrected chi connectivity index (χ2v) is 9.23. The summed E-state index contributed by atoms with van der Waals surface area (Å²) in [4.78, 5) is 30.6. The second kappa shape index (κ2) is 10.5. The Morgan fingerprint density at radius 1 is 1.28 bits per heavy atom. The predicted octanol–water partition coefficient (Wildman–Crippen LogP) is 4.66. The van der Waals surface area contributed by atoms with Crippen LogP contribution in [0.15, 0.2) is 52.4 Å². The summed E-state index contributed by atoms with van der Waals surface area (Å²) in [6.07, 6.45) is 2.81. The fourth-order valence-corrected chi connectivity index (χ4v) is 4.76. The van der Waals surface area contributed by atoms with Gasteiger partial charge in [0.15, 0.2) is 5.16 Å². The lowest BCUT2D eigenvalue weighted by atomic mass is 10.1. The third-order valence-corrected chi connectivity index (χ3v) is 6.71. The van der Waals surface area contributed by atoms with E-state index in [9.17, 15) is 9.59 Å². The molecule has 0 aliphatic carbocycles. The highest BCUT2D eigenvalue weighted by atomic mass is 35.5. The van der Waals surface area contributed by atoms with E-state index in [1.54, 1.807) is 22.8 Å². The Bertz CT molecular complexity index is 1160. The molecule has 168 valence electrons. The highest BCUT2D eigenvalue weighted by Crippen LogP contribution is 2.25. The molecule has 1 aliphatic rings. The summed E-state index contributed by atoms with van der Waals surface area (Å²) in [5, 5.41) is 4.69. The van der Waals surface area contributed by atoms with Crippen molar-refractivity contribution in [1.82, 2.24) is 14.9 Å². The maximum atomic E-state index is 13.4. The molecule has 32 heavy (non-hydrogen) atoms. The highest BCUT2D eigenvalue weighted by Gasteiger charge is 2.21. The lowest BCUT2D eigenvalue weighted by molar-refractivity contribution is 0.0937. The van der Waals surface area contributed by atoms with Crippen LogP contribution in [0.4, 0.5) is 0 Å². The van der Waals surface area contributed by atoms with Gasteiger partial charge in [-0.05, 0) is 55.2 Å². The Labute approximate surface area is 196 Å². The van der Waals surface area contributed by atoms with E-state index < -0.39 is 0 Å². The molecule has 1 N–H and O–H groups in total. The average molecular weight is 472 g/mol. The fraction of sp³-hybridized carbons (Fsp3) is 0.375. The minimum absolute atomic E-state index is 0.0147. The number of nitrogens with one attached hydrogen (secondary N) is 1. The lowest BCUT2D eigenvalue weighted by Gasteiger charge is -2.17. The first-order chi connectivity index (χ1) is 15.5. The monoisotopic (exact) mass is 471 g/mol. The van der Waals surface area contributed by atoms with Crippen molar-refractivity contribution in [2.24, 2.45) is 0 Å². The van der Waals surface area contributed by atoms with Crippen molar-refractivity contribution < 1.29 is 9.53 Å². The quantitative estimate of drug-likeness (QED) is 0.382. The van der Waals surface area contributed by atoms with Gasteiger partial charge in [-0.1, -0.05) is 42.4 Å². The summed E-state index contributed by atoms with van der Waals surface area (Å²) < 4.78 is 7.50. The van der Waals surface area contributed by atoms with Gasteiger partial charge in [0.1, 0.15) is 0 Å². The van der Waals surface area contributed by atoms with Crippen LogP contribution < -0.4 is 10.9 Å². The van der Waals surface area contributed by atoms with Crippen molar-refractivity contribution in [1.29, 1.82) is 0 Å². The summed E-state index contributed by atoms with van der Waals surface area (Å²) in [5.74, 6) is 0.492. The van der Waals surface area contributed by atoms with Crippen molar-refractivity contribution in [3.05, 3.63) is 69.0 Å². The number of hydrogen-bond donors (Lipinski definition) is 1. The van der Waals surface area contributed by atoms with Crippen molar-refractivity contribution in [2.45, 2.75) is 49.7 Å². The van der Waals surface area contributed by atoms with E-state index in [0.717, 1.165) is 31.4 Å². The average Bonchev–Trinajstić information content (AvgIpc) is 3.32. The molecule has 1 aromatic heterocycles. The Balaban J connectivity index is 1.69. The molecule has 1 saturated heterocycles. The number of benzene rings is 2. The zero-order chi connectivity index (χ0) is 22.5. The predicted molar refractivity (Wildman–Crippen MR) is 129 cm³/mol. The second-order valence-electron chi connectivity index (χ2n) is 7.85. The number of hydrogen-bond acceptors (Lipinski definition) is 5. The highest BCUT2D eigenvalue weighted by molar-refractivity contribution is 7.98. The molecule has 6 nitrogen and oxygen atoms in total. The van der Waals surface area contributed by atoms with Crippen LogP contribution in [0.1, 0.15) is 42.1 Å². The van der Waals surface area contributed by atoms with Crippen molar-refractivity contribution in [3.63, 3.8) is 0 Å². The van der Waals surface area contributed by atoms with Gasteiger partial charge in [-0.3, -0.25) is 14.2 Å². The van der Waals surface area contributed by atoms with Gasteiger partial charge < -0.3 is 10.1 Å². The van der Waals surface area contributed by atoms with E-state index in [1.807, 2.05) is 31.2 Å². The summed E-state index contributed by atoms with van der Waals surface area (Å²) in [6, 6.07) is 12.7. The minimum atomic E-state index is -0.158. The van der Waals surface area contributed by atoms with E-state index >= 15 is 0 Å². The topological polar surface area (TPSA) is 73.2 Å². The minimum Gasteiger partial charge on any atom is -0.376 e. The van der Waals surface area contributed by atoms with Gasteiger partial charge in [0.2, 0.25) is 0 Å². The summed E-state index contributed by atoms with van der Waals surface area (Å²) in [6.45, 7) is 3.81. The molecular weight excluding hydrogens is 446 g/mol. The molecule has 0 saturated carbocycles. The van der Waals surface area contributed by atoms with Crippen LogP contribution in [-0.2, 0) is 17.0 Å². The van der Waals surface area contributed by atoms with Crippen molar-refractivity contribution >= 4 is 40.2 Å². The van der Waals surface area contributed by atoms with E-state index in [-0.39, 0.29) is 17.6 Å². The van der Waals surface area contributed by atoms with Crippen molar-refractivity contribution in [3.8, 4) is 0 Å². The summed E-state index contributed by atoms with van der Waals surface area (Å²) >= 11 is 7.50. The molecule has 2 heterocycles. The molecule has 3 aromatic rings. The Kier molecular flexibility index (Phi) is 7.50. The maximum Gasteiger partial charge on any atom is 0.262 e. The van der Waals surface area contributed by atoms with E-state index in [4.69, 9.17) is 21.3 Å². The van der Waals surface area contributed by atoms with Crippen LogP contribution in [0.3, 0.4) is 0 Å². The van der Waals surface area contributed by atoms with Gasteiger partial charge in [-0.25, -0.2) is 4.98 Å². The molecule has 4 rings (SSSR count). The molecule has 1 fully saturated rings. The third-order valence-electron chi connectivity index (χ3n) is 5.41. The molecule has 1 amide bonds. The van der Waals surface area contributed by atoms with Crippen LogP contribution in [0.2, 0.25) is 5.02 Å². The van der Waals surface area contributed by atoms with E-state index in [1.165, 1.54) is 11.8 Å². The zero-order valence-corrected chi connectivity index (χ0v) is 19.5. The van der Waals surface area contributed by atoms with Crippen molar-refractivity contribution in [2.75, 3.05) is 13.2 Å².